The van der Waals surface area contributed by atoms with Gasteiger partial charge in [0, 0.05) is 0 Å². The van der Waals surface area contributed by atoms with E-state index in [1.807, 2.05) is 0 Å². The predicted octanol–water partition coefficient (Wildman–Crippen LogP) is 5.61. The summed E-state index contributed by atoms with van der Waals surface area (Å²) in [6.07, 6.45) is 15.0. The molecule has 0 aliphatic heterocycles. The molecule has 0 saturated heterocycles. The van der Waals surface area contributed by atoms with Crippen molar-refractivity contribution in [1.29, 1.82) is 0 Å². The van der Waals surface area contributed by atoms with Crippen LogP contribution in [-0.4, -0.2) is 35.7 Å². The van der Waals surface area contributed by atoms with E-state index in [0.717, 1.165) is 57.8 Å². The highest BCUT2D eigenvalue weighted by molar-refractivity contribution is 5.56. The molecule has 24 heavy (non-hydrogen) atoms. The van der Waals surface area contributed by atoms with Gasteiger partial charge in [0.25, 0.3) is 0 Å². The van der Waals surface area contributed by atoms with Gasteiger partial charge in [-0.1, -0.05) is 50.7 Å². The summed E-state index contributed by atoms with van der Waals surface area (Å²) < 4.78 is 8.89. The van der Waals surface area contributed by atoms with Crippen LogP contribution in [0.2, 0.25) is 0 Å². The highest BCUT2D eigenvalue weighted by atomic mass is 16.7. The molecule has 0 bridgehead atoms. The van der Waals surface area contributed by atoms with Crippen LogP contribution in [0.25, 0.3) is 0 Å². The maximum absolute atomic E-state index is 10.1. The first-order chi connectivity index (χ1) is 11.6. The first kappa shape index (κ1) is 22.3. The van der Waals surface area contributed by atoms with E-state index in [1.165, 1.54) is 19.3 Å². The van der Waals surface area contributed by atoms with Gasteiger partial charge in [-0.25, -0.2) is 9.59 Å². The Morgan fingerprint density at radius 3 is 1.29 bits per heavy atom. The third kappa shape index (κ3) is 20.3. The molecule has 0 rings (SSSR count). The molecule has 6 nitrogen and oxygen atoms in total. The third-order valence-electron chi connectivity index (χ3n) is 3.65. The van der Waals surface area contributed by atoms with Crippen molar-refractivity contribution < 1.29 is 29.3 Å². The summed E-state index contributed by atoms with van der Waals surface area (Å²) in [5.74, 6) is 0. The van der Waals surface area contributed by atoms with Gasteiger partial charge in [0.1, 0.15) is 0 Å². The summed E-state index contributed by atoms with van der Waals surface area (Å²) in [7, 11) is 0. The summed E-state index contributed by atoms with van der Waals surface area (Å²) in [6, 6.07) is 0. The van der Waals surface area contributed by atoms with Crippen molar-refractivity contribution in [3.05, 3.63) is 12.2 Å². The highest BCUT2D eigenvalue weighted by Crippen LogP contribution is 2.09. The van der Waals surface area contributed by atoms with E-state index >= 15 is 0 Å². The van der Waals surface area contributed by atoms with Crippen LogP contribution in [-0.2, 0) is 9.47 Å². The molecule has 140 valence electrons. The highest BCUT2D eigenvalue weighted by Gasteiger charge is 1.96. The molecule has 0 aromatic carbocycles. The quantitative estimate of drug-likeness (QED) is 0.215. The van der Waals surface area contributed by atoms with Gasteiger partial charge in [-0.3, -0.25) is 0 Å². The number of hydrogen-bond acceptors (Lipinski definition) is 4. The van der Waals surface area contributed by atoms with Crippen LogP contribution in [0.5, 0.6) is 0 Å². The molecule has 2 N–H and O–H groups in total. The number of carboxylic acid groups (broad SMARTS) is 2. The standard InChI is InChI=1S/C18H32O6/c19-17(20)23-15-13-11-9-7-5-3-1-2-4-6-8-10-12-14-16-24-18(21)22/h1,3H,2,4-16H2,(H,19,20)(H,21,22). The Morgan fingerprint density at radius 2 is 0.917 bits per heavy atom. The van der Waals surface area contributed by atoms with Gasteiger partial charge < -0.3 is 19.7 Å². The first-order valence-corrected chi connectivity index (χ1v) is 8.99. The molecule has 0 saturated carbocycles. The minimum absolute atomic E-state index is 0.303. The molecule has 6 heteroatoms. The largest absolute Gasteiger partial charge is 0.505 e. The Balaban J connectivity index is 3.11. The van der Waals surface area contributed by atoms with Crippen molar-refractivity contribution in [3.63, 3.8) is 0 Å². The summed E-state index contributed by atoms with van der Waals surface area (Å²) in [6.45, 7) is 0.614. The lowest BCUT2D eigenvalue weighted by Gasteiger charge is -2.01. The fraction of sp³-hybridized carbons (Fsp3) is 0.778. The average molecular weight is 344 g/mol. The molecule has 0 atom stereocenters. The number of unbranched alkanes of at least 4 members (excludes halogenated alkanes) is 10. The SMILES string of the molecule is O=C(O)OCCCCCCC=CCCCCCCCCOC(=O)O. The van der Waals surface area contributed by atoms with Crippen LogP contribution in [0.4, 0.5) is 9.59 Å². The Morgan fingerprint density at radius 1 is 0.583 bits per heavy atom. The van der Waals surface area contributed by atoms with E-state index in [0.29, 0.717) is 13.2 Å². The predicted molar refractivity (Wildman–Crippen MR) is 92.5 cm³/mol. The Kier molecular flexibility index (Phi) is 16.4. The second-order valence-corrected chi connectivity index (χ2v) is 5.81. The zero-order valence-corrected chi connectivity index (χ0v) is 14.6. The number of rotatable bonds is 16. The molecular weight excluding hydrogens is 312 g/mol. The Labute approximate surface area is 144 Å². The lowest BCUT2D eigenvalue weighted by molar-refractivity contribution is 0.0887. The molecule has 0 heterocycles. The van der Waals surface area contributed by atoms with E-state index < -0.39 is 12.3 Å². The van der Waals surface area contributed by atoms with Crippen molar-refractivity contribution in [2.24, 2.45) is 0 Å². The van der Waals surface area contributed by atoms with Crippen LogP contribution in [0.15, 0.2) is 12.2 Å². The van der Waals surface area contributed by atoms with E-state index in [1.54, 1.807) is 0 Å². The maximum Gasteiger partial charge on any atom is 0.505 e. The minimum Gasteiger partial charge on any atom is -0.450 e. The summed E-state index contributed by atoms with van der Waals surface area (Å²) in [4.78, 5) is 20.3. The molecule has 0 fully saturated rings. The van der Waals surface area contributed by atoms with Crippen molar-refractivity contribution in [2.75, 3.05) is 13.2 Å². The summed E-state index contributed by atoms with van der Waals surface area (Å²) in [5.41, 5.74) is 0. The van der Waals surface area contributed by atoms with Gasteiger partial charge in [-0.05, 0) is 38.5 Å². The smallest absolute Gasteiger partial charge is 0.450 e. The molecular formula is C18H32O6. The minimum atomic E-state index is -1.19. The zero-order chi connectivity index (χ0) is 17.9. The van der Waals surface area contributed by atoms with E-state index in [-0.39, 0.29) is 0 Å². The number of carbonyl (C=O) groups is 2. The van der Waals surface area contributed by atoms with Crippen molar-refractivity contribution in [2.45, 2.75) is 77.0 Å². The lowest BCUT2D eigenvalue weighted by Crippen LogP contribution is -2.01. The number of allylic oxidation sites excluding steroid dienone is 2. The van der Waals surface area contributed by atoms with Gasteiger partial charge in [-0.2, -0.15) is 0 Å². The fourth-order valence-electron chi connectivity index (χ4n) is 2.34. The van der Waals surface area contributed by atoms with Gasteiger partial charge >= 0.3 is 12.3 Å². The first-order valence-electron chi connectivity index (χ1n) is 8.99. The zero-order valence-electron chi connectivity index (χ0n) is 14.6. The van der Waals surface area contributed by atoms with Crippen LogP contribution < -0.4 is 0 Å². The number of ether oxygens (including phenoxy) is 2. The molecule has 0 radical (unpaired) electrons. The van der Waals surface area contributed by atoms with Crippen LogP contribution in [0.1, 0.15) is 77.0 Å². The normalized spacial score (nSPS) is 10.8. The van der Waals surface area contributed by atoms with E-state index in [2.05, 4.69) is 21.6 Å². The third-order valence-corrected chi connectivity index (χ3v) is 3.65. The van der Waals surface area contributed by atoms with Crippen molar-refractivity contribution in [3.8, 4) is 0 Å². The molecule has 0 spiro atoms. The van der Waals surface area contributed by atoms with Crippen molar-refractivity contribution >= 4 is 12.3 Å². The fourth-order valence-corrected chi connectivity index (χ4v) is 2.34. The second-order valence-electron chi connectivity index (χ2n) is 5.81. The summed E-state index contributed by atoms with van der Waals surface area (Å²) in [5, 5.41) is 16.6. The van der Waals surface area contributed by atoms with Gasteiger partial charge in [0.2, 0.25) is 0 Å². The molecule has 0 aromatic rings. The summed E-state index contributed by atoms with van der Waals surface area (Å²) >= 11 is 0. The molecule has 0 aliphatic carbocycles. The Bertz CT molecular complexity index is 340. The van der Waals surface area contributed by atoms with Crippen LogP contribution in [0, 0.1) is 0 Å². The van der Waals surface area contributed by atoms with Crippen molar-refractivity contribution in [1.82, 2.24) is 0 Å². The molecule has 0 amide bonds. The van der Waals surface area contributed by atoms with Gasteiger partial charge in [-0.15, -0.1) is 0 Å². The molecule has 0 aromatic heterocycles. The van der Waals surface area contributed by atoms with E-state index in [4.69, 9.17) is 10.2 Å². The van der Waals surface area contributed by atoms with Crippen LogP contribution in [0.3, 0.4) is 0 Å². The maximum atomic E-state index is 10.1. The average Bonchev–Trinajstić information content (AvgIpc) is 2.53. The molecule has 0 aliphatic rings. The monoisotopic (exact) mass is 344 g/mol. The second kappa shape index (κ2) is 17.6. The lowest BCUT2D eigenvalue weighted by atomic mass is 10.1. The molecule has 0 unspecified atom stereocenters. The van der Waals surface area contributed by atoms with Gasteiger partial charge in [0.15, 0.2) is 0 Å². The van der Waals surface area contributed by atoms with Gasteiger partial charge in [0.05, 0.1) is 13.2 Å². The Hall–Kier alpha value is -1.72. The topological polar surface area (TPSA) is 93.1 Å². The van der Waals surface area contributed by atoms with Crippen LogP contribution >= 0.6 is 0 Å². The number of hydrogen-bond donors (Lipinski definition) is 2. The van der Waals surface area contributed by atoms with E-state index in [9.17, 15) is 9.59 Å².